The molecule has 72 heavy (non-hydrogen) atoms. The van der Waals surface area contributed by atoms with E-state index in [1.807, 2.05) is 0 Å². The molecule has 6 aromatic carbocycles. The fraction of sp³-hybridized carbons (Fsp3) is 0.193. The lowest BCUT2D eigenvalue weighted by atomic mass is 9.88. The first kappa shape index (κ1) is 48.4. The summed E-state index contributed by atoms with van der Waals surface area (Å²) in [4.78, 5) is 82.9. The Kier molecular flexibility index (Phi) is 15.3. The van der Waals surface area contributed by atoms with Crippen LogP contribution in [0.2, 0.25) is 0 Å². The van der Waals surface area contributed by atoms with Gasteiger partial charge in [0.05, 0.1) is 45.6 Å². The largest absolute Gasteiger partial charge is 0.472 e. The van der Waals surface area contributed by atoms with Gasteiger partial charge in [-0.2, -0.15) is 0 Å². The summed E-state index contributed by atoms with van der Waals surface area (Å²) in [6.07, 6.45) is -5.95. The summed E-state index contributed by atoms with van der Waals surface area (Å²) in [6, 6.07) is 48.8. The molecule has 364 valence electrons. The second-order valence-corrected chi connectivity index (χ2v) is 16.7. The van der Waals surface area contributed by atoms with E-state index in [0.717, 1.165) is 0 Å². The number of carbonyl (C=O) groups excluding carboxylic acids is 6. The zero-order chi connectivity index (χ0) is 49.8. The van der Waals surface area contributed by atoms with Gasteiger partial charge in [-0.25, -0.2) is 28.8 Å². The van der Waals surface area contributed by atoms with Crippen molar-refractivity contribution < 1.29 is 71.4 Å². The highest BCUT2D eigenvalue weighted by atomic mass is 16.8. The number of ether oxygens (including phenoxy) is 9. The van der Waals surface area contributed by atoms with Gasteiger partial charge < -0.3 is 42.6 Å². The molecule has 1 fully saturated rings. The van der Waals surface area contributed by atoms with E-state index in [4.69, 9.17) is 42.6 Å². The molecule has 2 heterocycles. The van der Waals surface area contributed by atoms with Crippen LogP contribution in [0.25, 0.3) is 0 Å². The molecule has 0 spiro atoms. The van der Waals surface area contributed by atoms with Crippen LogP contribution in [0.3, 0.4) is 0 Å². The normalized spacial score (nSPS) is 22.9. The number of benzene rings is 6. The number of rotatable bonds is 16. The van der Waals surface area contributed by atoms with Crippen LogP contribution in [0.1, 0.15) is 62.1 Å². The molecule has 0 radical (unpaired) electrons. The van der Waals surface area contributed by atoms with Crippen molar-refractivity contribution >= 4 is 35.8 Å². The van der Waals surface area contributed by atoms with Gasteiger partial charge >= 0.3 is 35.8 Å². The third-order valence-electron chi connectivity index (χ3n) is 12.0. The van der Waals surface area contributed by atoms with E-state index in [2.05, 4.69) is 0 Å². The Hall–Kier alpha value is -8.66. The van der Waals surface area contributed by atoms with Crippen LogP contribution in [0, 0.1) is 11.8 Å². The minimum atomic E-state index is -1.76. The van der Waals surface area contributed by atoms with E-state index in [1.165, 1.54) is 42.7 Å². The maximum Gasteiger partial charge on any atom is 0.338 e. The Bertz CT molecular complexity index is 2900. The monoisotopic (exact) mass is 970 g/mol. The first-order valence-electron chi connectivity index (χ1n) is 23.0. The van der Waals surface area contributed by atoms with Crippen LogP contribution in [0.4, 0.5) is 0 Å². The molecule has 0 unspecified atom stereocenters. The van der Waals surface area contributed by atoms with Crippen LogP contribution in [0.15, 0.2) is 206 Å². The van der Waals surface area contributed by atoms with Crippen molar-refractivity contribution in [2.75, 3.05) is 13.2 Å². The molecule has 2 aliphatic heterocycles. The van der Waals surface area contributed by atoms with Crippen molar-refractivity contribution in [3.8, 4) is 0 Å². The maximum atomic E-state index is 14.2. The van der Waals surface area contributed by atoms with Gasteiger partial charge in [0.2, 0.25) is 12.6 Å². The Balaban J connectivity index is 1.10. The predicted octanol–water partition coefficient (Wildman–Crippen LogP) is 8.39. The predicted molar refractivity (Wildman–Crippen MR) is 255 cm³/mol. The summed E-state index contributed by atoms with van der Waals surface area (Å²) in [5, 5.41) is 0. The van der Waals surface area contributed by atoms with E-state index < -0.39 is 97.4 Å². The highest BCUT2D eigenvalue weighted by molar-refractivity contribution is 5.92. The van der Waals surface area contributed by atoms with Crippen molar-refractivity contribution in [2.45, 2.75) is 43.1 Å². The smallest absolute Gasteiger partial charge is 0.338 e. The Morgan fingerprint density at radius 1 is 0.417 bits per heavy atom. The molecule has 0 bridgehead atoms. The summed E-state index contributed by atoms with van der Waals surface area (Å²) in [5.74, 6) is -6.22. The third-order valence-corrected chi connectivity index (χ3v) is 12.0. The van der Waals surface area contributed by atoms with Gasteiger partial charge in [0.1, 0.15) is 25.4 Å². The molecule has 3 aliphatic rings. The molecule has 15 heteroatoms. The van der Waals surface area contributed by atoms with Gasteiger partial charge in [0, 0.05) is 5.92 Å². The van der Waals surface area contributed by atoms with E-state index in [9.17, 15) is 28.8 Å². The lowest BCUT2D eigenvalue weighted by molar-refractivity contribution is -0.337. The zero-order valence-electron chi connectivity index (χ0n) is 38.3. The number of esters is 6. The molecule has 15 nitrogen and oxygen atoms in total. The molecule has 0 saturated carbocycles. The van der Waals surface area contributed by atoms with Crippen LogP contribution in [0.5, 0.6) is 0 Å². The maximum absolute atomic E-state index is 14.2. The summed E-state index contributed by atoms with van der Waals surface area (Å²) in [5.41, 5.74) is 1.54. The topological polar surface area (TPSA) is 185 Å². The lowest BCUT2D eigenvalue weighted by Gasteiger charge is -2.46. The van der Waals surface area contributed by atoms with E-state index >= 15 is 0 Å². The lowest BCUT2D eigenvalue weighted by Crippen LogP contribution is -2.64. The average molecular weight is 971 g/mol. The SMILES string of the molecule is O=C(OCC1=C[C@@H](OC(=O)c2ccccc2)[C@@H]2C=CO[C@H](O[C@@H]3O[C@@H](COC(=O)c4ccccc4)[C@@H](OC(=O)c4ccccc4)[C@H](OC(=O)c4ccccc4)[C@@H]3OC(=O)c3ccccc3)[C@H]12)c1ccccc1. The van der Waals surface area contributed by atoms with Gasteiger partial charge in [0.15, 0.2) is 18.3 Å². The summed E-state index contributed by atoms with van der Waals surface area (Å²) >= 11 is 0. The highest BCUT2D eigenvalue weighted by Crippen LogP contribution is 2.43. The summed E-state index contributed by atoms with van der Waals surface area (Å²) < 4.78 is 56.0. The molecular formula is C57H46O15. The Labute approximate surface area is 413 Å². The van der Waals surface area contributed by atoms with Crippen LogP contribution in [-0.2, 0) is 42.6 Å². The standard InChI is InChI=1S/C57H46O15/c58-50(36-19-7-1-8-20-36)65-34-42-33-44(67-52(60)38-23-11-3-12-24-38)43-31-32-64-56(46(42)43)72-57-49(71-55(63)41-29-17-6-18-30-41)48(70-54(62)40-27-15-5-16-28-40)47(69-53(61)39-25-13-4-14-26-39)45(68-57)35-66-51(59)37-21-9-2-10-22-37/h1-33,43-49,56-57H,34-35H2/t43-,44+,45-,46+,47+,48-,49-,56+,57-/m0/s1. The molecule has 9 atom stereocenters. The zero-order valence-corrected chi connectivity index (χ0v) is 38.3. The van der Waals surface area contributed by atoms with E-state index in [0.29, 0.717) is 16.7 Å². The number of carbonyl (C=O) groups is 6. The quantitative estimate of drug-likeness (QED) is 0.0511. The first-order valence-corrected chi connectivity index (χ1v) is 23.0. The number of fused-ring (bicyclic) bond motifs is 1. The Morgan fingerprint density at radius 3 is 1.26 bits per heavy atom. The number of hydrogen-bond donors (Lipinski definition) is 0. The van der Waals surface area contributed by atoms with Crippen LogP contribution in [-0.4, -0.2) is 92.1 Å². The Morgan fingerprint density at radius 2 is 0.806 bits per heavy atom. The van der Waals surface area contributed by atoms with Gasteiger partial charge in [-0.05, 0) is 90.5 Å². The van der Waals surface area contributed by atoms with E-state index in [1.54, 1.807) is 158 Å². The molecule has 0 N–H and O–H groups in total. The summed E-state index contributed by atoms with van der Waals surface area (Å²) in [7, 11) is 0. The molecular weight excluding hydrogens is 925 g/mol. The first-order chi connectivity index (χ1) is 35.2. The molecule has 1 saturated heterocycles. The van der Waals surface area contributed by atoms with Gasteiger partial charge in [0.25, 0.3) is 0 Å². The van der Waals surface area contributed by atoms with Crippen molar-refractivity contribution in [1.29, 1.82) is 0 Å². The van der Waals surface area contributed by atoms with Crippen molar-refractivity contribution in [3.63, 3.8) is 0 Å². The van der Waals surface area contributed by atoms with Crippen molar-refractivity contribution in [1.82, 2.24) is 0 Å². The van der Waals surface area contributed by atoms with Gasteiger partial charge in [-0.1, -0.05) is 109 Å². The fourth-order valence-electron chi connectivity index (χ4n) is 8.48. The number of hydrogen-bond acceptors (Lipinski definition) is 15. The molecule has 9 rings (SSSR count). The van der Waals surface area contributed by atoms with Gasteiger partial charge in [-0.3, -0.25) is 0 Å². The fourth-order valence-corrected chi connectivity index (χ4v) is 8.48. The second kappa shape index (κ2) is 22.8. The van der Waals surface area contributed by atoms with Crippen molar-refractivity contribution in [3.05, 3.63) is 239 Å². The summed E-state index contributed by atoms with van der Waals surface area (Å²) in [6.45, 7) is -0.898. The molecule has 1 aliphatic carbocycles. The minimum Gasteiger partial charge on any atom is -0.472 e. The molecule has 0 aromatic heterocycles. The molecule has 6 aromatic rings. The van der Waals surface area contributed by atoms with Crippen LogP contribution < -0.4 is 0 Å². The average Bonchev–Trinajstić information content (AvgIpc) is 3.79. The highest BCUT2D eigenvalue weighted by Gasteiger charge is 2.56. The molecule has 0 amide bonds. The van der Waals surface area contributed by atoms with Crippen molar-refractivity contribution in [2.24, 2.45) is 11.8 Å². The van der Waals surface area contributed by atoms with Gasteiger partial charge in [-0.15, -0.1) is 0 Å². The second-order valence-electron chi connectivity index (χ2n) is 16.7. The minimum absolute atomic E-state index is 0.0975. The third kappa shape index (κ3) is 11.5. The van der Waals surface area contributed by atoms with Crippen LogP contribution >= 0.6 is 0 Å². The van der Waals surface area contributed by atoms with E-state index in [-0.39, 0.29) is 28.9 Å².